The second kappa shape index (κ2) is 6.95. The highest BCUT2D eigenvalue weighted by Gasteiger charge is 2.24. The maximum atomic E-state index is 13.1. The molecule has 1 amide bonds. The summed E-state index contributed by atoms with van der Waals surface area (Å²) in [4.78, 5) is 13.6. The molecule has 7 heteroatoms. The van der Waals surface area contributed by atoms with Gasteiger partial charge in [-0.2, -0.15) is 0 Å². The molecule has 0 spiro atoms. The summed E-state index contributed by atoms with van der Waals surface area (Å²) in [5, 5.41) is 3.12. The van der Waals surface area contributed by atoms with Gasteiger partial charge in [-0.05, 0) is 32.0 Å². The quantitative estimate of drug-likeness (QED) is 0.851. The number of carbonyl (C=O) groups is 1. The molecule has 1 heterocycles. The summed E-state index contributed by atoms with van der Waals surface area (Å²) in [6.45, 7) is 1.04. The van der Waals surface area contributed by atoms with E-state index in [1.807, 2.05) is 7.05 Å². The molecular weight excluding hydrogens is 293 g/mol. The predicted molar refractivity (Wildman–Crippen MR) is 71.5 cm³/mol. The summed E-state index contributed by atoms with van der Waals surface area (Å²) < 4.78 is 39.0. The van der Waals surface area contributed by atoms with E-state index < -0.39 is 23.4 Å². The number of piperidine rings is 1. The molecule has 0 aliphatic carbocycles. The number of likely N-dealkylation sites (tertiary alicyclic amines) is 1. The lowest BCUT2D eigenvalue weighted by Gasteiger charge is -2.31. The molecular formula is C13H16ClF3N2O. The topological polar surface area (TPSA) is 32.3 Å². The number of benzene rings is 1. The van der Waals surface area contributed by atoms with Gasteiger partial charge in [-0.1, -0.05) is 0 Å². The van der Waals surface area contributed by atoms with E-state index in [1.54, 1.807) is 0 Å². The Balaban J connectivity index is 0.00000200. The van der Waals surface area contributed by atoms with Crippen LogP contribution in [-0.4, -0.2) is 37.0 Å². The van der Waals surface area contributed by atoms with Crippen molar-refractivity contribution in [2.45, 2.75) is 18.9 Å². The molecule has 1 aliphatic rings. The van der Waals surface area contributed by atoms with Gasteiger partial charge in [0.05, 0.1) is 0 Å². The van der Waals surface area contributed by atoms with Crippen molar-refractivity contribution in [3.63, 3.8) is 0 Å². The molecule has 1 N–H and O–H groups in total. The van der Waals surface area contributed by atoms with Crippen LogP contribution in [0.15, 0.2) is 12.1 Å². The first-order valence-corrected chi connectivity index (χ1v) is 6.14. The van der Waals surface area contributed by atoms with Crippen LogP contribution in [0, 0.1) is 17.5 Å². The lowest BCUT2D eigenvalue weighted by atomic mass is 10.0. The number of carbonyl (C=O) groups excluding carboxylic acids is 1. The minimum Gasteiger partial charge on any atom is -0.339 e. The molecule has 0 unspecified atom stereocenters. The predicted octanol–water partition coefficient (Wildman–Crippen LogP) is 2.35. The Hall–Kier alpha value is -1.27. The number of amides is 1. The average Bonchev–Trinajstić information content (AvgIpc) is 2.43. The largest absolute Gasteiger partial charge is 0.339 e. The summed E-state index contributed by atoms with van der Waals surface area (Å²) >= 11 is 0. The van der Waals surface area contributed by atoms with Crippen molar-refractivity contribution in [1.82, 2.24) is 10.2 Å². The summed E-state index contributed by atoms with van der Waals surface area (Å²) in [7, 11) is 1.85. The van der Waals surface area contributed by atoms with Crippen molar-refractivity contribution in [3.8, 4) is 0 Å². The highest BCUT2D eigenvalue weighted by molar-refractivity contribution is 5.94. The SMILES string of the molecule is CNC1CCN(C(=O)c2cc(F)c(F)c(F)c2)CC1.Cl. The standard InChI is InChI=1S/C13H15F3N2O.ClH/c1-17-9-2-4-18(5-3-9)13(19)8-6-10(14)12(16)11(15)7-8;/h6-7,9,17H,2-5H2,1H3;1H. The van der Waals surface area contributed by atoms with Crippen LogP contribution >= 0.6 is 12.4 Å². The molecule has 0 atom stereocenters. The Morgan fingerprint density at radius 3 is 2.15 bits per heavy atom. The van der Waals surface area contributed by atoms with Crippen molar-refractivity contribution in [3.05, 3.63) is 35.1 Å². The highest BCUT2D eigenvalue weighted by Crippen LogP contribution is 2.18. The Bertz CT molecular complexity index is 467. The van der Waals surface area contributed by atoms with Gasteiger partial charge in [0.1, 0.15) is 0 Å². The number of nitrogens with one attached hydrogen (secondary N) is 1. The molecule has 20 heavy (non-hydrogen) atoms. The maximum absolute atomic E-state index is 13.1. The molecule has 1 fully saturated rings. The normalized spacial score (nSPS) is 15.9. The van der Waals surface area contributed by atoms with E-state index >= 15 is 0 Å². The van der Waals surface area contributed by atoms with Crippen molar-refractivity contribution in [2.75, 3.05) is 20.1 Å². The van der Waals surface area contributed by atoms with Crippen LogP contribution in [0.4, 0.5) is 13.2 Å². The number of rotatable bonds is 2. The Morgan fingerprint density at radius 1 is 1.20 bits per heavy atom. The number of hydrogen-bond acceptors (Lipinski definition) is 2. The summed E-state index contributed by atoms with van der Waals surface area (Å²) in [5.74, 6) is -4.69. The molecule has 0 bridgehead atoms. The van der Waals surface area contributed by atoms with Crippen molar-refractivity contribution in [2.24, 2.45) is 0 Å². The van der Waals surface area contributed by atoms with E-state index in [-0.39, 0.29) is 18.0 Å². The first-order valence-electron chi connectivity index (χ1n) is 6.14. The lowest BCUT2D eigenvalue weighted by Crippen LogP contribution is -2.44. The van der Waals surface area contributed by atoms with Crippen molar-refractivity contribution >= 4 is 18.3 Å². The van der Waals surface area contributed by atoms with Gasteiger partial charge in [0.2, 0.25) is 0 Å². The van der Waals surface area contributed by atoms with Crippen LogP contribution in [0.1, 0.15) is 23.2 Å². The van der Waals surface area contributed by atoms with E-state index in [0.717, 1.165) is 25.0 Å². The molecule has 1 aromatic rings. The van der Waals surface area contributed by atoms with Gasteiger partial charge in [0, 0.05) is 24.7 Å². The van der Waals surface area contributed by atoms with E-state index in [1.165, 1.54) is 4.90 Å². The third-order valence-electron chi connectivity index (χ3n) is 3.42. The lowest BCUT2D eigenvalue weighted by molar-refractivity contribution is 0.0706. The average molecular weight is 309 g/mol. The summed E-state index contributed by atoms with van der Waals surface area (Å²) in [6, 6.07) is 1.83. The highest BCUT2D eigenvalue weighted by atomic mass is 35.5. The zero-order valence-corrected chi connectivity index (χ0v) is 11.8. The van der Waals surface area contributed by atoms with E-state index in [0.29, 0.717) is 19.1 Å². The van der Waals surface area contributed by atoms with Crippen LogP contribution in [0.25, 0.3) is 0 Å². The molecule has 1 aliphatic heterocycles. The smallest absolute Gasteiger partial charge is 0.254 e. The molecule has 0 aromatic heterocycles. The zero-order valence-electron chi connectivity index (χ0n) is 11.0. The number of halogens is 4. The first kappa shape index (κ1) is 16.8. The second-order valence-electron chi connectivity index (χ2n) is 4.61. The van der Waals surface area contributed by atoms with Crippen molar-refractivity contribution < 1.29 is 18.0 Å². The molecule has 1 aromatic carbocycles. The van der Waals surface area contributed by atoms with E-state index in [4.69, 9.17) is 0 Å². The van der Waals surface area contributed by atoms with Gasteiger partial charge in [-0.15, -0.1) is 12.4 Å². The fraction of sp³-hybridized carbons (Fsp3) is 0.462. The number of nitrogens with zero attached hydrogens (tertiary/aromatic N) is 1. The number of hydrogen-bond donors (Lipinski definition) is 1. The van der Waals surface area contributed by atoms with Gasteiger partial charge in [0.15, 0.2) is 17.5 Å². The molecule has 112 valence electrons. The second-order valence-corrected chi connectivity index (χ2v) is 4.61. The van der Waals surface area contributed by atoms with Gasteiger partial charge in [-0.25, -0.2) is 13.2 Å². The Kier molecular flexibility index (Phi) is 5.83. The van der Waals surface area contributed by atoms with Crippen LogP contribution in [0.5, 0.6) is 0 Å². The fourth-order valence-corrected chi connectivity index (χ4v) is 2.23. The first-order chi connectivity index (χ1) is 9.02. The Labute approximate surface area is 121 Å². The molecule has 2 rings (SSSR count). The zero-order chi connectivity index (χ0) is 14.0. The molecule has 3 nitrogen and oxygen atoms in total. The van der Waals surface area contributed by atoms with Gasteiger partial charge >= 0.3 is 0 Å². The summed E-state index contributed by atoms with van der Waals surface area (Å²) in [5.41, 5.74) is -0.153. The maximum Gasteiger partial charge on any atom is 0.254 e. The van der Waals surface area contributed by atoms with E-state index in [2.05, 4.69) is 5.32 Å². The minimum absolute atomic E-state index is 0. The fourth-order valence-electron chi connectivity index (χ4n) is 2.23. The Morgan fingerprint density at radius 2 is 1.70 bits per heavy atom. The van der Waals surface area contributed by atoms with Gasteiger partial charge in [0.25, 0.3) is 5.91 Å². The van der Waals surface area contributed by atoms with Crippen molar-refractivity contribution in [1.29, 1.82) is 0 Å². The van der Waals surface area contributed by atoms with Gasteiger partial charge in [-0.3, -0.25) is 4.79 Å². The monoisotopic (exact) mass is 308 g/mol. The van der Waals surface area contributed by atoms with Crippen LogP contribution in [0.3, 0.4) is 0 Å². The van der Waals surface area contributed by atoms with Gasteiger partial charge < -0.3 is 10.2 Å². The van der Waals surface area contributed by atoms with Crippen LogP contribution in [0.2, 0.25) is 0 Å². The third-order valence-corrected chi connectivity index (χ3v) is 3.42. The molecule has 0 radical (unpaired) electrons. The summed E-state index contributed by atoms with van der Waals surface area (Å²) in [6.07, 6.45) is 1.57. The van der Waals surface area contributed by atoms with Crippen LogP contribution in [-0.2, 0) is 0 Å². The van der Waals surface area contributed by atoms with Crippen LogP contribution < -0.4 is 5.32 Å². The van der Waals surface area contributed by atoms with E-state index in [9.17, 15) is 18.0 Å². The molecule has 0 saturated carbocycles. The third kappa shape index (κ3) is 3.43. The molecule has 1 saturated heterocycles. The minimum atomic E-state index is -1.55.